The summed E-state index contributed by atoms with van der Waals surface area (Å²) in [5, 5.41) is 17.9. The molecule has 0 aromatic carbocycles. The van der Waals surface area contributed by atoms with Gasteiger partial charge in [-0.1, -0.05) is 6.08 Å². The van der Waals surface area contributed by atoms with E-state index in [-0.39, 0.29) is 29.2 Å². The number of alkyl halides is 3. The minimum Gasteiger partial charge on any atom is -0.418 e. The van der Waals surface area contributed by atoms with Gasteiger partial charge in [-0.3, -0.25) is 9.48 Å². The number of nitrogens with zero attached hydrogens (tertiary/aromatic N) is 5. The maximum atomic E-state index is 12.7. The number of pyridine rings is 1. The first kappa shape index (κ1) is 19.6. The number of hydrogen-bond donors (Lipinski definition) is 2. The summed E-state index contributed by atoms with van der Waals surface area (Å²) in [7, 11) is 1.65. The van der Waals surface area contributed by atoms with Crippen LogP contribution in [-0.4, -0.2) is 37.4 Å². The molecule has 9 nitrogen and oxygen atoms in total. The largest absolute Gasteiger partial charge is 0.418 e. The van der Waals surface area contributed by atoms with E-state index in [0.717, 1.165) is 12.3 Å². The van der Waals surface area contributed by atoms with Gasteiger partial charge in [0.05, 0.1) is 11.3 Å². The zero-order valence-electron chi connectivity index (χ0n) is 15.7. The van der Waals surface area contributed by atoms with Crippen LogP contribution in [-0.2, 0) is 23.4 Å². The average molecular weight is 419 g/mol. The van der Waals surface area contributed by atoms with Crippen molar-refractivity contribution in [1.82, 2.24) is 30.3 Å². The van der Waals surface area contributed by atoms with Crippen LogP contribution < -0.4 is 10.6 Å². The van der Waals surface area contributed by atoms with Gasteiger partial charge in [-0.05, 0) is 18.6 Å². The van der Waals surface area contributed by atoms with Crippen LogP contribution in [0.3, 0.4) is 0 Å². The molecule has 1 aliphatic heterocycles. The molecule has 2 N–H and O–H groups in total. The molecule has 3 aromatic heterocycles. The fraction of sp³-hybridized carbons (Fsp3) is 0.278. The Morgan fingerprint density at radius 2 is 2.17 bits per heavy atom. The molecular formula is C18H16F3N7O2. The van der Waals surface area contributed by atoms with Gasteiger partial charge in [0.15, 0.2) is 5.69 Å². The SMILES string of the molecule is C=CC1(c2nnc(-c3nn(C)cc3Nc3ccc(C(F)(F)F)cn3)o2)CCNC1=O. The summed E-state index contributed by atoms with van der Waals surface area (Å²) in [4.78, 5) is 16.0. The molecular weight excluding hydrogens is 403 g/mol. The maximum Gasteiger partial charge on any atom is 0.417 e. The third kappa shape index (κ3) is 3.29. The Morgan fingerprint density at radius 3 is 2.77 bits per heavy atom. The summed E-state index contributed by atoms with van der Waals surface area (Å²) in [6, 6.07) is 2.12. The molecule has 12 heteroatoms. The first-order chi connectivity index (χ1) is 14.2. The van der Waals surface area contributed by atoms with E-state index in [2.05, 4.69) is 37.5 Å². The van der Waals surface area contributed by atoms with Crippen molar-refractivity contribution in [2.45, 2.75) is 18.0 Å². The third-order valence-electron chi connectivity index (χ3n) is 4.75. The van der Waals surface area contributed by atoms with Crippen LogP contribution in [0.1, 0.15) is 17.9 Å². The highest BCUT2D eigenvalue weighted by molar-refractivity contribution is 5.91. The van der Waals surface area contributed by atoms with Gasteiger partial charge in [0, 0.05) is 26.0 Å². The van der Waals surface area contributed by atoms with Crippen molar-refractivity contribution in [2.24, 2.45) is 7.05 Å². The summed E-state index contributed by atoms with van der Waals surface area (Å²) >= 11 is 0. The van der Waals surface area contributed by atoms with Crippen LogP contribution in [0.25, 0.3) is 11.6 Å². The summed E-state index contributed by atoms with van der Waals surface area (Å²) in [5.74, 6) is 0.0310. The van der Waals surface area contributed by atoms with Gasteiger partial charge in [-0.2, -0.15) is 18.3 Å². The number of carbonyl (C=O) groups is 1. The Labute approximate surface area is 168 Å². The second-order valence-corrected chi connectivity index (χ2v) is 6.71. The van der Waals surface area contributed by atoms with Gasteiger partial charge >= 0.3 is 6.18 Å². The van der Waals surface area contributed by atoms with E-state index in [0.29, 0.717) is 18.7 Å². The maximum absolute atomic E-state index is 12.7. The first-order valence-corrected chi connectivity index (χ1v) is 8.83. The molecule has 0 radical (unpaired) electrons. The van der Waals surface area contributed by atoms with E-state index in [1.807, 2.05) is 0 Å². The van der Waals surface area contributed by atoms with E-state index in [9.17, 15) is 18.0 Å². The van der Waals surface area contributed by atoms with Crippen LogP contribution in [0, 0.1) is 0 Å². The molecule has 3 aromatic rings. The van der Waals surface area contributed by atoms with Crippen molar-refractivity contribution in [2.75, 3.05) is 11.9 Å². The number of anilines is 2. The van der Waals surface area contributed by atoms with Gasteiger partial charge in [0.1, 0.15) is 11.2 Å². The lowest BCUT2D eigenvalue weighted by Gasteiger charge is -2.15. The highest BCUT2D eigenvalue weighted by atomic mass is 19.4. The Balaban J connectivity index is 1.64. The number of amides is 1. The van der Waals surface area contributed by atoms with Gasteiger partial charge in [-0.25, -0.2) is 4.98 Å². The number of halogens is 3. The standard InChI is InChI=1S/C18H16F3N7O2/c1-3-17(6-7-22-15(17)29)16-26-25-14(30-16)13-11(9-28(2)27-13)24-12-5-4-10(8-23-12)18(19,20)21/h3-5,8-9H,1,6-7H2,2H3,(H,22,29)(H,23,24). The average Bonchev–Trinajstić information content (AvgIpc) is 3.40. The molecule has 0 aliphatic carbocycles. The van der Waals surface area contributed by atoms with Gasteiger partial charge < -0.3 is 15.1 Å². The van der Waals surface area contributed by atoms with E-state index >= 15 is 0 Å². The fourth-order valence-electron chi connectivity index (χ4n) is 3.14. The molecule has 1 atom stereocenters. The van der Waals surface area contributed by atoms with E-state index in [1.165, 1.54) is 16.8 Å². The Bertz CT molecular complexity index is 1100. The second-order valence-electron chi connectivity index (χ2n) is 6.71. The zero-order valence-corrected chi connectivity index (χ0v) is 15.7. The van der Waals surface area contributed by atoms with E-state index in [4.69, 9.17) is 4.42 Å². The van der Waals surface area contributed by atoms with Crippen molar-refractivity contribution in [1.29, 1.82) is 0 Å². The quantitative estimate of drug-likeness (QED) is 0.612. The predicted octanol–water partition coefficient (Wildman–Crippen LogP) is 2.57. The number of hydrogen-bond acceptors (Lipinski definition) is 7. The number of aromatic nitrogens is 5. The fourth-order valence-corrected chi connectivity index (χ4v) is 3.14. The van der Waals surface area contributed by atoms with E-state index in [1.54, 1.807) is 13.2 Å². The molecule has 1 fully saturated rings. The highest BCUT2D eigenvalue weighted by Crippen LogP contribution is 2.35. The molecule has 0 spiro atoms. The topological polar surface area (TPSA) is 111 Å². The number of rotatable bonds is 5. The molecule has 1 amide bonds. The van der Waals surface area contributed by atoms with Gasteiger partial charge in [0.25, 0.3) is 5.89 Å². The molecule has 156 valence electrons. The Hall–Kier alpha value is -3.70. The van der Waals surface area contributed by atoms with Crippen LogP contribution in [0.4, 0.5) is 24.7 Å². The number of carbonyl (C=O) groups excluding carboxylic acids is 1. The summed E-state index contributed by atoms with van der Waals surface area (Å²) < 4.78 is 45.4. The number of aryl methyl sites for hydroxylation is 1. The smallest absolute Gasteiger partial charge is 0.417 e. The van der Waals surface area contributed by atoms with Crippen LogP contribution in [0.2, 0.25) is 0 Å². The number of nitrogens with one attached hydrogen (secondary N) is 2. The Kier molecular flexibility index (Phi) is 4.56. The zero-order chi connectivity index (χ0) is 21.5. The first-order valence-electron chi connectivity index (χ1n) is 8.83. The van der Waals surface area contributed by atoms with E-state index < -0.39 is 17.2 Å². The second kappa shape index (κ2) is 6.97. The lowest BCUT2D eigenvalue weighted by Crippen LogP contribution is -2.33. The summed E-state index contributed by atoms with van der Waals surface area (Å²) in [5.41, 5.74) is -1.31. The summed E-state index contributed by atoms with van der Waals surface area (Å²) in [6.07, 6.45) is -0.255. The highest BCUT2D eigenvalue weighted by Gasteiger charge is 2.46. The molecule has 4 rings (SSSR count). The lowest BCUT2D eigenvalue weighted by molar-refractivity contribution is -0.137. The molecule has 0 bridgehead atoms. The molecule has 1 aliphatic rings. The van der Waals surface area contributed by atoms with Crippen molar-refractivity contribution >= 4 is 17.4 Å². The minimum atomic E-state index is -4.47. The third-order valence-corrected chi connectivity index (χ3v) is 4.75. The monoisotopic (exact) mass is 419 g/mol. The Morgan fingerprint density at radius 1 is 1.37 bits per heavy atom. The molecule has 0 saturated carbocycles. The van der Waals surface area contributed by atoms with Crippen molar-refractivity contribution in [3.63, 3.8) is 0 Å². The molecule has 30 heavy (non-hydrogen) atoms. The van der Waals surface area contributed by atoms with Gasteiger partial charge in [-0.15, -0.1) is 16.8 Å². The van der Waals surface area contributed by atoms with Gasteiger partial charge in [0.2, 0.25) is 11.8 Å². The van der Waals surface area contributed by atoms with Crippen molar-refractivity contribution < 1.29 is 22.4 Å². The molecule has 1 saturated heterocycles. The van der Waals surface area contributed by atoms with Crippen LogP contribution in [0.5, 0.6) is 0 Å². The lowest BCUT2D eigenvalue weighted by atomic mass is 9.86. The van der Waals surface area contributed by atoms with Crippen molar-refractivity contribution in [3.8, 4) is 11.6 Å². The minimum absolute atomic E-state index is 0.0425. The predicted molar refractivity (Wildman–Crippen MR) is 98.5 cm³/mol. The van der Waals surface area contributed by atoms with Crippen LogP contribution in [0.15, 0.2) is 41.6 Å². The molecule has 1 unspecified atom stereocenters. The van der Waals surface area contributed by atoms with Crippen molar-refractivity contribution in [3.05, 3.63) is 48.6 Å². The van der Waals surface area contributed by atoms with Crippen LogP contribution >= 0.6 is 0 Å². The normalized spacial score (nSPS) is 19.0. The molecule has 4 heterocycles. The summed E-state index contributed by atoms with van der Waals surface area (Å²) in [6.45, 7) is 4.17.